The van der Waals surface area contributed by atoms with Crippen molar-refractivity contribution in [3.8, 4) is 11.1 Å². The molecule has 1 amide bonds. The van der Waals surface area contributed by atoms with Crippen LogP contribution >= 0.6 is 0 Å². The highest BCUT2D eigenvalue weighted by atomic mass is 16.6. The summed E-state index contributed by atoms with van der Waals surface area (Å²) in [6.07, 6.45) is 3.90. The first-order valence-electron chi connectivity index (χ1n) is 11.3. The van der Waals surface area contributed by atoms with Gasteiger partial charge in [-0.25, -0.2) is 4.79 Å². The Balaban J connectivity index is 1.82. The lowest BCUT2D eigenvalue weighted by Crippen LogP contribution is -2.53. The highest BCUT2D eigenvalue weighted by molar-refractivity contribution is 5.93. The van der Waals surface area contributed by atoms with E-state index in [9.17, 15) is 9.59 Å². The predicted molar refractivity (Wildman–Crippen MR) is 130 cm³/mol. The molecule has 0 saturated carbocycles. The van der Waals surface area contributed by atoms with Crippen LogP contribution in [0.4, 0.5) is 4.79 Å². The number of rotatable bonds is 5. The number of amides is 1. The zero-order valence-corrected chi connectivity index (χ0v) is 20.4. The van der Waals surface area contributed by atoms with E-state index in [2.05, 4.69) is 15.3 Å². The average molecular weight is 451 g/mol. The third kappa shape index (κ3) is 5.59. The van der Waals surface area contributed by atoms with Crippen LogP contribution in [0.2, 0.25) is 0 Å². The zero-order chi connectivity index (χ0) is 24.2. The molecule has 1 saturated heterocycles. The number of nitrogens with zero attached hydrogens (tertiary/aromatic N) is 3. The van der Waals surface area contributed by atoms with Gasteiger partial charge in [0.1, 0.15) is 23.3 Å². The molecule has 7 heteroatoms. The summed E-state index contributed by atoms with van der Waals surface area (Å²) in [6, 6.07) is 11.5. The van der Waals surface area contributed by atoms with Gasteiger partial charge in [-0.3, -0.25) is 14.9 Å². The van der Waals surface area contributed by atoms with E-state index in [1.807, 2.05) is 71.0 Å². The van der Waals surface area contributed by atoms with Crippen molar-refractivity contribution < 1.29 is 14.3 Å². The molecule has 1 aromatic carbocycles. The molecule has 2 unspecified atom stereocenters. The summed E-state index contributed by atoms with van der Waals surface area (Å²) in [5.74, 6) is 0.597. The number of amidine groups is 1. The Morgan fingerprint density at radius 2 is 1.91 bits per heavy atom. The van der Waals surface area contributed by atoms with Gasteiger partial charge in [0.05, 0.1) is 6.04 Å². The second-order valence-corrected chi connectivity index (χ2v) is 9.60. The lowest BCUT2D eigenvalue weighted by atomic mass is 9.91. The number of aryl methyl sites for hydroxylation is 1. The lowest BCUT2D eigenvalue weighted by Gasteiger charge is -2.33. The Hall–Kier alpha value is -3.22. The normalized spacial score (nSPS) is 18.5. The number of carbonyl (C=O) groups excluding carboxylic acids is 2. The van der Waals surface area contributed by atoms with Crippen molar-refractivity contribution in [3.05, 3.63) is 53.9 Å². The van der Waals surface area contributed by atoms with Crippen LogP contribution in [0.25, 0.3) is 11.1 Å². The minimum Gasteiger partial charge on any atom is -0.444 e. The van der Waals surface area contributed by atoms with Crippen LogP contribution in [0.5, 0.6) is 0 Å². The summed E-state index contributed by atoms with van der Waals surface area (Å²) >= 11 is 0. The molecule has 176 valence electrons. The Morgan fingerprint density at radius 1 is 1.21 bits per heavy atom. The molecule has 0 radical (unpaired) electrons. The molecule has 0 aliphatic carbocycles. The first kappa shape index (κ1) is 24.4. The van der Waals surface area contributed by atoms with Crippen molar-refractivity contribution in [2.75, 3.05) is 13.6 Å². The molecule has 1 fully saturated rings. The maximum absolute atomic E-state index is 12.7. The number of aromatic nitrogens is 1. The van der Waals surface area contributed by atoms with Gasteiger partial charge in [-0.05, 0) is 64.7 Å². The fourth-order valence-corrected chi connectivity index (χ4v) is 4.10. The van der Waals surface area contributed by atoms with Gasteiger partial charge in [0.2, 0.25) is 0 Å². The molecule has 3 rings (SSSR count). The molecule has 7 nitrogen and oxygen atoms in total. The fraction of sp³-hybridized carbons (Fsp3) is 0.462. The number of aldehydes is 1. The van der Waals surface area contributed by atoms with E-state index < -0.39 is 11.1 Å². The van der Waals surface area contributed by atoms with E-state index in [1.54, 1.807) is 18.1 Å². The SMILES string of the molecule is CN=C(NC(C)(C=O)c1ccc(-c2cccnc2C)cc1)C1CCCN1C(=O)OC(C)(C)C. The summed E-state index contributed by atoms with van der Waals surface area (Å²) in [5, 5.41) is 3.33. The number of pyridine rings is 1. The summed E-state index contributed by atoms with van der Waals surface area (Å²) in [4.78, 5) is 35.5. The van der Waals surface area contributed by atoms with E-state index in [0.717, 1.165) is 41.5 Å². The number of ether oxygens (including phenoxy) is 1. The molecular formula is C26H34N4O3. The molecule has 2 aromatic rings. The fourth-order valence-electron chi connectivity index (χ4n) is 4.10. The van der Waals surface area contributed by atoms with Crippen LogP contribution < -0.4 is 5.32 Å². The first-order valence-corrected chi connectivity index (χ1v) is 11.3. The quantitative estimate of drug-likeness (QED) is 0.412. The van der Waals surface area contributed by atoms with Gasteiger partial charge >= 0.3 is 6.09 Å². The predicted octanol–water partition coefficient (Wildman–Crippen LogP) is 4.49. The summed E-state index contributed by atoms with van der Waals surface area (Å²) in [7, 11) is 1.67. The number of aliphatic imine (C=N–C) groups is 1. The third-order valence-corrected chi connectivity index (χ3v) is 5.86. The topological polar surface area (TPSA) is 83.9 Å². The monoisotopic (exact) mass is 450 g/mol. The van der Waals surface area contributed by atoms with Crippen LogP contribution in [0.15, 0.2) is 47.6 Å². The Bertz CT molecular complexity index is 1030. The van der Waals surface area contributed by atoms with Gasteiger partial charge in [0, 0.05) is 31.0 Å². The van der Waals surface area contributed by atoms with Crippen molar-refractivity contribution >= 4 is 18.2 Å². The highest BCUT2D eigenvalue weighted by Crippen LogP contribution is 2.27. The van der Waals surface area contributed by atoms with Crippen molar-refractivity contribution in [1.29, 1.82) is 0 Å². The average Bonchev–Trinajstić information content (AvgIpc) is 3.27. The van der Waals surface area contributed by atoms with E-state index >= 15 is 0 Å². The van der Waals surface area contributed by atoms with Crippen molar-refractivity contribution in [2.45, 2.75) is 64.6 Å². The minimum atomic E-state index is -1.00. The molecule has 33 heavy (non-hydrogen) atoms. The Labute approximate surface area is 196 Å². The summed E-state index contributed by atoms with van der Waals surface area (Å²) in [5.41, 5.74) is 2.27. The summed E-state index contributed by atoms with van der Waals surface area (Å²) in [6.45, 7) is 9.94. The van der Waals surface area contributed by atoms with Crippen LogP contribution in [0.3, 0.4) is 0 Å². The standard InChI is InChI=1S/C26H34N4O3/c1-18-21(9-7-15-28-18)19-11-13-20(14-12-19)26(5,17-31)29-23(27-6)22-10-8-16-30(22)24(32)33-25(2,3)4/h7,9,11-15,17,22H,8,10,16H2,1-6H3,(H,27,29). The van der Waals surface area contributed by atoms with Gasteiger partial charge in [0.25, 0.3) is 0 Å². The highest BCUT2D eigenvalue weighted by Gasteiger charge is 2.38. The molecule has 1 N–H and O–H groups in total. The second-order valence-electron chi connectivity index (χ2n) is 9.60. The Kier molecular flexibility index (Phi) is 7.20. The maximum atomic E-state index is 12.7. The zero-order valence-electron chi connectivity index (χ0n) is 20.4. The maximum Gasteiger partial charge on any atom is 0.410 e. The first-order chi connectivity index (χ1) is 15.6. The van der Waals surface area contributed by atoms with Gasteiger partial charge in [-0.1, -0.05) is 30.3 Å². The molecule has 2 atom stereocenters. The van der Waals surface area contributed by atoms with E-state index in [1.165, 1.54) is 0 Å². The van der Waals surface area contributed by atoms with E-state index in [0.29, 0.717) is 12.4 Å². The van der Waals surface area contributed by atoms with Crippen LogP contribution in [0.1, 0.15) is 51.8 Å². The largest absolute Gasteiger partial charge is 0.444 e. The molecular weight excluding hydrogens is 416 g/mol. The molecule has 1 aromatic heterocycles. The Morgan fingerprint density at radius 3 is 2.48 bits per heavy atom. The van der Waals surface area contributed by atoms with Crippen molar-refractivity contribution in [3.63, 3.8) is 0 Å². The van der Waals surface area contributed by atoms with Crippen LogP contribution in [0, 0.1) is 6.92 Å². The van der Waals surface area contributed by atoms with E-state index in [4.69, 9.17) is 4.74 Å². The number of likely N-dealkylation sites (tertiary alicyclic amines) is 1. The summed E-state index contributed by atoms with van der Waals surface area (Å²) < 4.78 is 5.58. The van der Waals surface area contributed by atoms with Gasteiger partial charge in [-0.2, -0.15) is 0 Å². The number of hydrogen-bond acceptors (Lipinski definition) is 5. The second kappa shape index (κ2) is 9.73. The molecule has 0 spiro atoms. The molecule has 0 bridgehead atoms. The number of nitrogens with one attached hydrogen (secondary N) is 1. The third-order valence-electron chi connectivity index (χ3n) is 5.86. The molecule has 1 aliphatic rings. The van der Waals surface area contributed by atoms with Crippen LogP contribution in [-0.2, 0) is 15.1 Å². The van der Waals surface area contributed by atoms with Gasteiger partial charge < -0.3 is 14.8 Å². The number of carbonyl (C=O) groups is 2. The molecule has 1 aliphatic heterocycles. The minimum absolute atomic E-state index is 0.263. The smallest absolute Gasteiger partial charge is 0.410 e. The number of hydrogen-bond donors (Lipinski definition) is 1. The van der Waals surface area contributed by atoms with Crippen molar-refractivity contribution in [2.24, 2.45) is 4.99 Å². The molecule has 2 heterocycles. The van der Waals surface area contributed by atoms with E-state index in [-0.39, 0.29) is 12.1 Å². The van der Waals surface area contributed by atoms with Gasteiger partial charge in [-0.15, -0.1) is 0 Å². The van der Waals surface area contributed by atoms with Crippen LogP contribution in [-0.4, -0.2) is 53.3 Å². The lowest BCUT2D eigenvalue weighted by molar-refractivity contribution is -0.112. The van der Waals surface area contributed by atoms with Crippen molar-refractivity contribution in [1.82, 2.24) is 15.2 Å². The van der Waals surface area contributed by atoms with Gasteiger partial charge in [0.15, 0.2) is 0 Å². The number of benzene rings is 1.